The second-order valence-electron chi connectivity index (χ2n) is 7.43. The third kappa shape index (κ3) is 5.57. The van der Waals surface area contributed by atoms with Gasteiger partial charge in [0.15, 0.2) is 0 Å². The van der Waals surface area contributed by atoms with Crippen LogP contribution in [0.25, 0.3) is 11.3 Å². The summed E-state index contributed by atoms with van der Waals surface area (Å²) in [7, 11) is 3.56. The van der Waals surface area contributed by atoms with E-state index in [1.807, 2.05) is 12.1 Å². The monoisotopic (exact) mass is 449 g/mol. The maximum Gasteiger partial charge on any atom is 0.243 e. The molecule has 0 saturated heterocycles. The Morgan fingerprint density at radius 3 is 2.76 bits per heavy atom. The lowest BCUT2D eigenvalue weighted by molar-refractivity contribution is -0.118. The van der Waals surface area contributed by atoms with E-state index in [0.717, 1.165) is 16.9 Å². The summed E-state index contributed by atoms with van der Waals surface area (Å²) in [6.07, 6.45) is 3.65. The first kappa shape index (κ1) is 22.1. The van der Waals surface area contributed by atoms with Crippen molar-refractivity contribution in [3.8, 4) is 11.3 Å². The average molecular weight is 449 g/mol. The molecular weight excluding hydrogens is 425 g/mol. The van der Waals surface area contributed by atoms with Crippen LogP contribution in [0.1, 0.15) is 11.3 Å². The number of halogens is 1. The number of pyridine rings is 1. The van der Waals surface area contributed by atoms with Crippen molar-refractivity contribution in [3.63, 3.8) is 0 Å². The fourth-order valence-corrected chi connectivity index (χ4v) is 3.32. The molecule has 3 aromatic heterocycles. The smallest absolute Gasteiger partial charge is 0.243 e. The van der Waals surface area contributed by atoms with Crippen molar-refractivity contribution < 1.29 is 9.18 Å². The van der Waals surface area contributed by atoms with Crippen LogP contribution in [0.2, 0.25) is 0 Å². The van der Waals surface area contributed by atoms with E-state index < -0.39 is 6.04 Å². The summed E-state index contributed by atoms with van der Waals surface area (Å²) >= 11 is 0. The van der Waals surface area contributed by atoms with E-state index in [-0.39, 0.29) is 11.7 Å². The maximum absolute atomic E-state index is 13.3. The molecule has 11 heteroatoms. The van der Waals surface area contributed by atoms with Gasteiger partial charge in [-0.2, -0.15) is 20.5 Å². The van der Waals surface area contributed by atoms with Crippen LogP contribution in [0.5, 0.6) is 0 Å². The molecule has 0 aliphatic rings. The van der Waals surface area contributed by atoms with E-state index in [0.29, 0.717) is 30.2 Å². The van der Waals surface area contributed by atoms with Gasteiger partial charge in [-0.25, -0.2) is 9.37 Å². The van der Waals surface area contributed by atoms with Crippen LogP contribution in [-0.2, 0) is 24.8 Å². The number of carbonyl (C=O) groups is 1. The fourth-order valence-electron chi connectivity index (χ4n) is 3.32. The standard InChI is InChI=1S/C22H24FN9O/c1-24-20-10-15(7-8-25-20)18-11-21(32(2)30-18)28-22(33)19(26-12-17-13-27-31-29-17)9-14-3-5-16(23)6-4-14/h3-8,10-11,13,19,26H,9,12H2,1-2H3,(H,24,25)(H,28,33)(H,27,29,31)/t19-/m0/s1. The molecule has 0 aliphatic carbocycles. The van der Waals surface area contributed by atoms with Gasteiger partial charge in [0.05, 0.1) is 23.6 Å². The number of H-pyrrole nitrogens is 1. The number of anilines is 2. The number of hydrogen-bond acceptors (Lipinski definition) is 7. The minimum absolute atomic E-state index is 0.247. The minimum atomic E-state index is -0.595. The van der Waals surface area contributed by atoms with Crippen molar-refractivity contribution in [1.82, 2.24) is 35.5 Å². The topological polar surface area (TPSA) is 125 Å². The highest BCUT2D eigenvalue weighted by molar-refractivity contribution is 5.94. The normalized spacial score (nSPS) is 11.8. The number of rotatable bonds is 9. The lowest BCUT2D eigenvalue weighted by Gasteiger charge is -2.18. The van der Waals surface area contributed by atoms with Crippen LogP contribution >= 0.6 is 0 Å². The molecule has 4 N–H and O–H groups in total. The number of nitrogens with zero attached hydrogens (tertiary/aromatic N) is 5. The van der Waals surface area contributed by atoms with Crippen molar-refractivity contribution in [2.24, 2.45) is 7.05 Å². The number of aromatic nitrogens is 6. The molecule has 0 fully saturated rings. The molecule has 3 heterocycles. The number of nitrogens with one attached hydrogen (secondary N) is 4. The molecule has 0 aliphatic heterocycles. The van der Waals surface area contributed by atoms with E-state index in [4.69, 9.17) is 0 Å². The highest BCUT2D eigenvalue weighted by Crippen LogP contribution is 2.23. The van der Waals surface area contributed by atoms with Gasteiger partial charge in [-0.3, -0.25) is 14.8 Å². The molecule has 1 atom stereocenters. The molecule has 1 aromatic carbocycles. The van der Waals surface area contributed by atoms with E-state index in [9.17, 15) is 9.18 Å². The molecule has 1 amide bonds. The Morgan fingerprint density at radius 2 is 2.03 bits per heavy atom. The molecule has 0 unspecified atom stereocenters. The molecule has 0 spiro atoms. The molecule has 4 aromatic rings. The van der Waals surface area contributed by atoms with Crippen molar-refractivity contribution in [2.75, 3.05) is 17.7 Å². The summed E-state index contributed by atoms with van der Waals surface area (Å²) in [4.78, 5) is 17.4. The first-order chi connectivity index (χ1) is 16.0. The Morgan fingerprint density at radius 1 is 1.21 bits per heavy atom. The predicted octanol–water partition coefficient (Wildman–Crippen LogP) is 2.12. The summed E-state index contributed by atoms with van der Waals surface area (Å²) in [5, 5.41) is 24.0. The fraction of sp³-hybridized carbons (Fsp3) is 0.227. The van der Waals surface area contributed by atoms with Gasteiger partial charge in [0.25, 0.3) is 0 Å². The lowest BCUT2D eigenvalue weighted by Crippen LogP contribution is -2.42. The predicted molar refractivity (Wildman–Crippen MR) is 122 cm³/mol. The molecule has 10 nitrogen and oxygen atoms in total. The summed E-state index contributed by atoms with van der Waals surface area (Å²) in [6, 6.07) is 11.0. The van der Waals surface area contributed by atoms with Crippen LogP contribution in [0, 0.1) is 5.82 Å². The minimum Gasteiger partial charge on any atom is -0.373 e. The largest absolute Gasteiger partial charge is 0.373 e. The zero-order valence-electron chi connectivity index (χ0n) is 18.2. The quantitative estimate of drug-likeness (QED) is 0.308. The average Bonchev–Trinajstić information content (AvgIpc) is 3.48. The van der Waals surface area contributed by atoms with Gasteiger partial charge < -0.3 is 10.6 Å². The third-order valence-corrected chi connectivity index (χ3v) is 5.11. The molecule has 0 saturated carbocycles. The summed E-state index contributed by atoms with van der Waals surface area (Å²) < 4.78 is 14.9. The van der Waals surface area contributed by atoms with Gasteiger partial charge in [0.1, 0.15) is 17.5 Å². The van der Waals surface area contributed by atoms with E-state index >= 15 is 0 Å². The first-order valence-corrected chi connectivity index (χ1v) is 10.3. The van der Waals surface area contributed by atoms with Crippen molar-refractivity contribution >= 4 is 17.5 Å². The molecule has 4 rings (SSSR count). The van der Waals surface area contributed by atoms with Crippen LogP contribution in [-0.4, -0.2) is 49.2 Å². The third-order valence-electron chi connectivity index (χ3n) is 5.11. The summed E-state index contributed by atoms with van der Waals surface area (Å²) in [6.45, 7) is 0.343. The van der Waals surface area contributed by atoms with Gasteiger partial charge >= 0.3 is 0 Å². The van der Waals surface area contributed by atoms with Crippen LogP contribution in [0.4, 0.5) is 16.0 Å². The SMILES string of the molecule is CNc1cc(-c2cc(NC(=O)[C@H](Cc3ccc(F)cc3)NCc3cn[nH]n3)n(C)n2)ccn1. The molecule has 170 valence electrons. The van der Waals surface area contributed by atoms with Crippen LogP contribution in [0.15, 0.2) is 54.9 Å². The van der Waals surface area contributed by atoms with Crippen molar-refractivity contribution in [2.45, 2.75) is 19.0 Å². The zero-order chi connectivity index (χ0) is 23.2. The second-order valence-corrected chi connectivity index (χ2v) is 7.43. The van der Waals surface area contributed by atoms with Crippen LogP contribution < -0.4 is 16.0 Å². The van der Waals surface area contributed by atoms with Gasteiger partial charge in [-0.05, 0) is 36.2 Å². The van der Waals surface area contributed by atoms with E-state index in [1.54, 1.807) is 49.4 Å². The maximum atomic E-state index is 13.3. The van der Waals surface area contributed by atoms with Gasteiger partial charge in [0, 0.05) is 38.5 Å². The summed E-state index contributed by atoms with van der Waals surface area (Å²) in [5.41, 5.74) is 3.08. The Labute approximate surface area is 189 Å². The molecule has 0 radical (unpaired) electrons. The van der Waals surface area contributed by atoms with Gasteiger partial charge in [0.2, 0.25) is 5.91 Å². The zero-order valence-corrected chi connectivity index (χ0v) is 18.2. The highest BCUT2D eigenvalue weighted by Gasteiger charge is 2.21. The van der Waals surface area contributed by atoms with Gasteiger partial charge in [-0.15, -0.1) is 0 Å². The first-order valence-electron chi connectivity index (χ1n) is 10.3. The van der Waals surface area contributed by atoms with Gasteiger partial charge in [-0.1, -0.05) is 12.1 Å². The van der Waals surface area contributed by atoms with Crippen molar-refractivity contribution in [3.05, 3.63) is 71.9 Å². The molecular formula is C22H24FN9O. The second kappa shape index (κ2) is 10.0. The molecule has 0 bridgehead atoms. The number of aromatic amines is 1. The molecule has 33 heavy (non-hydrogen) atoms. The number of carbonyl (C=O) groups excluding carboxylic acids is 1. The Hall–Kier alpha value is -4.12. The number of hydrogen-bond donors (Lipinski definition) is 4. The van der Waals surface area contributed by atoms with Crippen molar-refractivity contribution in [1.29, 1.82) is 0 Å². The van der Waals surface area contributed by atoms with E-state index in [1.165, 1.54) is 12.1 Å². The van der Waals surface area contributed by atoms with Crippen LogP contribution in [0.3, 0.4) is 0 Å². The Kier molecular flexibility index (Phi) is 6.69. The lowest BCUT2D eigenvalue weighted by atomic mass is 10.0. The summed E-state index contributed by atoms with van der Waals surface area (Å²) in [5.74, 6) is 0.698. The highest BCUT2D eigenvalue weighted by atomic mass is 19.1. The van der Waals surface area contributed by atoms with E-state index in [2.05, 4.69) is 41.4 Å². The number of aryl methyl sites for hydroxylation is 1. The Balaban J connectivity index is 1.51. The Bertz CT molecular complexity index is 1210. The number of benzene rings is 1. The number of amides is 1.